The maximum Gasteiger partial charge on any atom is 0.409 e. The van der Waals surface area contributed by atoms with Crippen molar-refractivity contribution < 1.29 is 23.9 Å². The molecular formula is C24H33N5O5. The molecule has 1 unspecified atom stereocenters. The first kappa shape index (κ1) is 24.0. The second kappa shape index (κ2) is 10.4. The number of amides is 4. The largest absolute Gasteiger partial charge is 0.449 e. The first-order valence-electron chi connectivity index (χ1n) is 12.0. The highest BCUT2D eigenvalue weighted by Gasteiger charge is 2.39. The molecule has 3 aliphatic heterocycles. The van der Waals surface area contributed by atoms with E-state index in [1.165, 1.54) is 0 Å². The standard InChI is InChI=1S/C24H33N5O5/c1-16(2)15-34-24(33)28-12-10-27(11-13-28)9-8-25-19-5-3-4-17-18(19)14-29(23(17)32)20-6-7-21(30)26-22(20)31/h3-5,16,20,25H,6-15H2,1-2H3,(H,26,30,31). The molecule has 2 fully saturated rings. The lowest BCUT2D eigenvalue weighted by Gasteiger charge is -2.34. The van der Waals surface area contributed by atoms with E-state index in [4.69, 9.17) is 4.74 Å². The highest BCUT2D eigenvalue weighted by molar-refractivity contribution is 6.06. The minimum Gasteiger partial charge on any atom is -0.449 e. The normalized spacial score (nSPS) is 21.0. The van der Waals surface area contributed by atoms with E-state index < -0.39 is 11.9 Å². The van der Waals surface area contributed by atoms with Crippen LogP contribution in [-0.4, -0.2) is 90.4 Å². The number of nitrogens with zero attached hydrogens (tertiary/aromatic N) is 3. The maximum atomic E-state index is 12.9. The van der Waals surface area contributed by atoms with Gasteiger partial charge in [0.1, 0.15) is 6.04 Å². The molecule has 0 radical (unpaired) electrons. The molecule has 1 atom stereocenters. The summed E-state index contributed by atoms with van der Waals surface area (Å²) < 4.78 is 5.32. The van der Waals surface area contributed by atoms with Gasteiger partial charge in [-0.3, -0.25) is 24.6 Å². The fourth-order valence-electron chi connectivity index (χ4n) is 4.58. The lowest BCUT2D eigenvalue weighted by Crippen LogP contribution is -2.52. The van der Waals surface area contributed by atoms with Crippen molar-refractivity contribution in [3.8, 4) is 0 Å². The first-order chi connectivity index (χ1) is 16.3. The maximum absolute atomic E-state index is 12.9. The number of hydrogen-bond acceptors (Lipinski definition) is 7. The number of imide groups is 1. The van der Waals surface area contributed by atoms with Crippen molar-refractivity contribution in [2.75, 3.05) is 51.2 Å². The van der Waals surface area contributed by atoms with Crippen molar-refractivity contribution >= 4 is 29.5 Å². The summed E-state index contributed by atoms with van der Waals surface area (Å²) in [5.41, 5.74) is 2.37. The van der Waals surface area contributed by atoms with Crippen molar-refractivity contribution in [3.63, 3.8) is 0 Å². The molecule has 3 aliphatic rings. The number of carbonyl (C=O) groups is 4. The Morgan fingerprint density at radius 2 is 1.94 bits per heavy atom. The van der Waals surface area contributed by atoms with Gasteiger partial charge in [0.05, 0.1) is 6.61 Å². The van der Waals surface area contributed by atoms with E-state index in [1.54, 1.807) is 15.9 Å². The molecule has 0 aliphatic carbocycles. The summed E-state index contributed by atoms with van der Waals surface area (Å²) in [7, 11) is 0. The molecule has 0 aromatic heterocycles. The van der Waals surface area contributed by atoms with Crippen LogP contribution in [0, 0.1) is 5.92 Å². The molecule has 0 spiro atoms. The highest BCUT2D eigenvalue weighted by atomic mass is 16.6. The number of piperidine rings is 1. The van der Waals surface area contributed by atoms with Gasteiger partial charge in [-0.15, -0.1) is 0 Å². The van der Waals surface area contributed by atoms with Gasteiger partial charge in [0.15, 0.2) is 0 Å². The molecule has 4 amide bonds. The number of ether oxygens (including phenoxy) is 1. The molecule has 4 rings (SSSR count). The van der Waals surface area contributed by atoms with Crippen molar-refractivity contribution in [1.29, 1.82) is 0 Å². The summed E-state index contributed by atoms with van der Waals surface area (Å²) in [6.45, 7) is 9.19. The molecular weight excluding hydrogens is 438 g/mol. The van der Waals surface area contributed by atoms with E-state index >= 15 is 0 Å². The predicted octanol–water partition coefficient (Wildman–Crippen LogP) is 1.27. The second-order valence-corrected chi connectivity index (χ2v) is 9.46. The zero-order valence-electron chi connectivity index (χ0n) is 19.8. The number of piperazine rings is 1. The Balaban J connectivity index is 1.27. The molecule has 1 aromatic carbocycles. The minimum absolute atomic E-state index is 0.173. The summed E-state index contributed by atoms with van der Waals surface area (Å²) in [6.07, 6.45) is 0.352. The molecule has 34 heavy (non-hydrogen) atoms. The van der Waals surface area contributed by atoms with Gasteiger partial charge in [-0.1, -0.05) is 19.9 Å². The van der Waals surface area contributed by atoms with Crippen LogP contribution in [0.15, 0.2) is 18.2 Å². The number of nitrogens with one attached hydrogen (secondary N) is 2. The summed E-state index contributed by atoms with van der Waals surface area (Å²) in [5.74, 6) is -0.545. The quantitative estimate of drug-likeness (QED) is 0.576. The van der Waals surface area contributed by atoms with E-state index in [0.717, 1.165) is 30.9 Å². The van der Waals surface area contributed by atoms with E-state index in [-0.39, 0.29) is 24.3 Å². The van der Waals surface area contributed by atoms with Crippen LogP contribution in [0.1, 0.15) is 42.6 Å². The minimum atomic E-state index is -0.617. The summed E-state index contributed by atoms with van der Waals surface area (Å²) in [4.78, 5) is 54.4. The fraction of sp³-hybridized carbons (Fsp3) is 0.583. The zero-order valence-corrected chi connectivity index (χ0v) is 19.8. The van der Waals surface area contributed by atoms with Gasteiger partial charge in [0, 0.05) is 69.0 Å². The molecule has 0 saturated carbocycles. The molecule has 184 valence electrons. The van der Waals surface area contributed by atoms with Crippen LogP contribution in [0.2, 0.25) is 0 Å². The van der Waals surface area contributed by atoms with E-state index in [1.807, 2.05) is 26.0 Å². The number of benzene rings is 1. The summed E-state index contributed by atoms with van der Waals surface area (Å²) >= 11 is 0. The van der Waals surface area contributed by atoms with Crippen molar-refractivity contribution in [3.05, 3.63) is 29.3 Å². The van der Waals surface area contributed by atoms with E-state index in [0.29, 0.717) is 50.7 Å². The highest BCUT2D eigenvalue weighted by Crippen LogP contribution is 2.32. The van der Waals surface area contributed by atoms with E-state index in [2.05, 4.69) is 15.5 Å². The van der Waals surface area contributed by atoms with Crippen LogP contribution in [-0.2, 0) is 20.9 Å². The van der Waals surface area contributed by atoms with E-state index in [9.17, 15) is 19.2 Å². The molecule has 10 nitrogen and oxygen atoms in total. The fourth-order valence-corrected chi connectivity index (χ4v) is 4.58. The third-order valence-electron chi connectivity index (χ3n) is 6.50. The van der Waals surface area contributed by atoms with Gasteiger partial charge in [-0.05, 0) is 24.5 Å². The zero-order chi connectivity index (χ0) is 24.2. The van der Waals surface area contributed by atoms with Gasteiger partial charge in [0.25, 0.3) is 5.91 Å². The number of rotatable bonds is 7. The van der Waals surface area contributed by atoms with Gasteiger partial charge in [0.2, 0.25) is 11.8 Å². The van der Waals surface area contributed by atoms with Gasteiger partial charge >= 0.3 is 6.09 Å². The van der Waals surface area contributed by atoms with Gasteiger partial charge in [-0.25, -0.2) is 4.79 Å². The molecule has 10 heteroatoms. The average molecular weight is 472 g/mol. The van der Waals surface area contributed by atoms with Crippen molar-refractivity contribution in [1.82, 2.24) is 20.0 Å². The van der Waals surface area contributed by atoms with Crippen LogP contribution in [0.25, 0.3) is 0 Å². The summed E-state index contributed by atoms with van der Waals surface area (Å²) in [5, 5.41) is 5.78. The topological polar surface area (TPSA) is 111 Å². The SMILES string of the molecule is CC(C)COC(=O)N1CCN(CCNc2cccc3c2CN(C2CCC(=O)NC2=O)C3=O)CC1. The summed E-state index contributed by atoms with van der Waals surface area (Å²) in [6, 6.07) is 4.96. The van der Waals surface area contributed by atoms with Crippen LogP contribution in [0.4, 0.5) is 10.5 Å². The third kappa shape index (κ3) is 5.32. The monoisotopic (exact) mass is 471 g/mol. The predicted molar refractivity (Wildman–Crippen MR) is 125 cm³/mol. The number of fused-ring (bicyclic) bond motifs is 1. The number of anilines is 1. The Bertz CT molecular complexity index is 957. The Kier molecular flexibility index (Phi) is 7.35. The Morgan fingerprint density at radius 3 is 2.65 bits per heavy atom. The van der Waals surface area contributed by atoms with Gasteiger partial charge < -0.3 is 19.9 Å². The van der Waals surface area contributed by atoms with Crippen LogP contribution in [0.3, 0.4) is 0 Å². The first-order valence-corrected chi connectivity index (χ1v) is 12.0. The number of hydrogen-bond donors (Lipinski definition) is 2. The Hall–Kier alpha value is -3.14. The molecule has 2 N–H and O–H groups in total. The molecule has 3 heterocycles. The van der Waals surface area contributed by atoms with Gasteiger partial charge in [-0.2, -0.15) is 0 Å². The molecule has 0 bridgehead atoms. The van der Waals surface area contributed by atoms with Crippen molar-refractivity contribution in [2.24, 2.45) is 5.92 Å². The van der Waals surface area contributed by atoms with Crippen LogP contribution < -0.4 is 10.6 Å². The average Bonchev–Trinajstić information content (AvgIpc) is 3.15. The lowest BCUT2D eigenvalue weighted by molar-refractivity contribution is -0.136. The Labute approximate surface area is 199 Å². The molecule has 2 saturated heterocycles. The van der Waals surface area contributed by atoms with Crippen molar-refractivity contribution in [2.45, 2.75) is 39.3 Å². The van der Waals surface area contributed by atoms with Crippen LogP contribution >= 0.6 is 0 Å². The third-order valence-corrected chi connectivity index (χ3v) is 6.50. The molecule has 1 aromatic rings. The van der Waals surface area contributed by atoms with Crippen LogP contribution in [0.5, 0.6) is 0 Å². The second-order valence-electron chi connectivity index (χ2n) is 9.46. The lowest BCUT2D eigenvalue weighted by atomic mass is 10.0. The number of carbonyl (C=O) groups excluding carboxylic acids is 4. The smallest absolute Gasteiger partial charge is 0.409 e. The Morgan fingerprint density at radius 1 is 1.18 bits per heavy atom.